The fourth-order valence-electron chi connectivity index (χ4n) is 1.67. The number of rotatable bonds is 2. The highest BCUT2D eigenvalue weighted by Crippen LogP contribution is 2.46. The fraction of sp³-hybridized carbons (Fsp3) is 0. The lowest BCUT2D eigenvalue weighted by molar-refractivity contribution is 0.453. The standard InChI is InChI=1S/C12H6Cl4O4S/c13-5-2-1-3-8(17)11(5)21(19,20)12-9(16)6(14)4-7(15)10(12)18/h1-4,17-18H. The van der Waals surface area contributed by atoms with Gasteiger partial charge in [0.1, 0.15) is 15.5 Å². The summed E-state index contributed by atoms with van der Waals surface area (Å²) in [7, 11) is -4.44. The molecule has 0 aliphatic rings. The molecule has 0 fully saturated rings. The number of aromatic hydroxyl groups is 2. The molecule has 0 amide bonds. The van der Waals surface area contributed by atoms with Crippen LogP contribution >= 0.6 is 46.4 Å². The lowest BCUT2D eigenvalue weighted by atomic mass is 10.3. The smallest absolute Gasteiger partial charge is 0.216 e. The van der Waals surface area contributed by atoms with Gasteiger partial charge in [-0.05, 0) is 18.2 Å². The predicted molar refractivity (Wildman–Crippen MR) is 81.7 cm³/mol. The lowest BCUT2D eigenvalue weighted by Gasteiger charge is -2.13. The van der Waals surface area contributed by atoms with Gasteiger partial charge in [0.2, 0.25) is 9.84 Å². The number of phenols is 2. The Morgan fingerprint density at radius 2 is 1.48 bits per heavy atom. The van der Waals surface area contributed by atoms with Crippen molar-refractivity contribution in [3.05, 3.63) is 44.4 Å². The summed E-state index contributed by atoms with van der Waals surface area (Å²) in [5.41, 5.74) is 0. The average Bonchev–Trinajstić information content (AvgIpc) is 2.36. The van der Waals surface area contributed by atoms with E-state index in [4.69, 9.17) is 46.4 Å². The molecule has 0 heterocycles. The van der Waals surface area contributed by atoms with Crippen LogP contribution in [-0.4, -0.2) is 18.6 Å². The summed E-state index contributed by atoms with van der Waals surface area (Å²) < 4.78 is 25.2. The second kappa shape index (κ2) is 5.74. The molecule has 0 aliphatic heterocycles. The van der Waals surface area contributed by atoms with Crippen LogP contribution in [0, 0.1) is 0 Å². The average molecular weight is 388 g/mol. The van der Waals surface area contributed by atoms with E-state index in [2.05, 4.69) is 0 Å². The highest BCUT2D eigenvalue weighted by molar-refractivity contribution is 7.92. The van der Waals surface area contributed by atoms with Crippen molar-refractivity contribution in [1.29, 1.82) is 0 Å². The number of hydrogen-bond donors (Lipinski definition) is 2. The summed E-state index contributed by atoms with van der Waals surface area (Å²) in [6.45, 7) is 0. The van der Waals surface area contributed by atoms with Gasteiger partial charge in [-0.1, -0.05) is 52.5 Å². The highest BCUT2D eigenvalue weighted by atomic mass is 35.5. The zero-order chi connectivity index (χ0) is 15.9. The molecule has 0 radical (unpaired) electrons. The number of sulfone groups is 1. The van der Waals surface area contributed by atoms with E-state index < -0.39 is 36.1 Å². The third-order valence-electron chi connectivity index (χ3n) is 2.59. The Bertz CT molecular complexity index is 787. The number of benzene rings is 2. The SMILES string of the molecule is O=S(=O)(c1c(O)cccc1Cl)c1c(O)c(Cl)cc(Cl)c1Cl. The molecule has 0 aromatic heterocycles. The van der Waals surface area contributed by atoms with E-state index in [0.717, 1.165) is 12.1 Å². The van der Waals surface area contributed by atoms with E-state index in [1.165, 1.54) is 12.1 Å². The molecule has 2 aromatic carbocycles. The Labute approximate surface area is 140 Å². The Morgan fingerprint density at radius 3 is 2.05 bits per heavy atom. The Kier molecular flexibility index (Phi) is 4.52. The summed E-state index contributed by atoms with van der Waals surface area (Å²) in [5, 5.41) is 18.5. The van der Waals surface area contributed by atoms with Crippen molar-refractivity contribution in [2.45, 2.75) is 9.79 Å². The van der Waals surface area contributed by atoms with Gasteiger partial charge in [-0.15, -0.1) is 0 Å². The largest absolute Gasteiger partial charge is 0.507 e. The molecule has 2 N–H and O–H groups in total. The van der Waals surface area contributed by atoms with E-state index in [1.807, 2.05) is 0 Å². The zero-order valence-electron chi connectivity index (χ0n) is 9.94. The summed E-state index contributed by atoms with van der Waals surface area (Å²) in [5.74, 6) is -1.36. The molecule has 0 atom stereocenters. The quantitative estimate of drug-likeness (QED) is 0.741. The first-order valence-corrected chi connectivity index (χ1v) is 8.26. The van der Waals surface area contributed by atoms with Crippen LogP contribution in [0.5, 0.6) is 11.5 Å². The maximum atomic E-state index is 12.6. The van der Waals surface area contributed by atoms with Gasteiger partial charge in [-0.2, -0.15) is 0 Å². The van der Waals surface area contributed by atoms with Gasteiger partial charge in [0.05, 0.1) is 20.1 Å². The number of phenolic OH excluding ortho intramolecular Hbond substituents is 2. The van der Waals surface area contributed by atoms with Crippen molar-refractivity contribution in [2.75, 3.05) is 0 Å². The highest BCUT2D eigenvalue weighted by Gasteiger charge is 2.32. The van der Waals surface area contributed by atoms with Gasteiger partial charge in [-0.3, -0.25) is 0 Å². The molecule has 0 unspecified atom stereocenters. The summed E-state index contributed by atoms with van der Waals surface area (Å²) >= 11 is 23.2. The summed E-state index contributed by atoms with van der Waals surface area (Å²) in [6, 6.07) is 4.87. The van der Waals surface area contributed by atoms with Crippen molar-refractivity contribution >= 4 is 56.2 Å². The van der Waals surface area contributed by atoms with E-state index in [-0.39, 0.29) is 15.1 Å². The van der Waals surface area contributed by atoms with Crippen molar-refractivity contribution < 1.29 is 18.6 Å². The first-order chi connectivity index (χ1) is 9.67. The molecule has 21 heavy (non-hydrogen) atoms. The van der Waals surface area contributed by atoms with Gasteiger partial charge in [-0.25, -0.2) is 8.42 Å². The minimum absolute atomic E-state index is 0.162. The second-order valence-electron chi connectivity index (χ2n) is 3.92. The predicted octanol–water partition coefficient (Wildman–Crippen LogP) is 4.54. The Balaban J connectivity index is 2.90. The maximum absolute atomic E-state index is 12.6. The van der Waals surface area contributed by atoms with Gasteiger partial charge >= 0.3 is 0 Å². The van der Waals surface area contributed by atoms with Crippen LogP contribution in [0.15, 0.2) is 34.1 Å². The molecule has 0 spiro atoms. The molecule has 0 saturated carbocycles. The minimum atomic E-state index is -4.44. The van der Waals surface area contributed by atoms with Gasteiger partial charge in [0, 0.05) is 0 Å². The number of halogens is 4. The molecule has 0 saturated heterocycles. The van der Waals surface area contributed by atoms with Crippen LogP contribution in [0.25, 0.3) is 0 Å². The van der Waals surface area contributed by atoms with Crippen LogP contribution in [0.1, 0.15) is 0 Å². The van der Waals surface area contributed by atoms with Crippen LogP contribution in [0.4, 0.5) is 0 Å². The Hall–Kier alpha value is -0.850. The third kappa shape index (κ3) is 2.76. The maximum Gasteiger partial charge on any atom is 0.216 e. The molecule has 0 bridgehead atoms. The van der Waals surface area contributed by atoms with Crippen molar-refractivity contribution in [3.63, 3.8) is 0 Å². The zero-order valence-corrected chi connectivity index (χ0v) is 13.8. The first kappa shape index (κ1) is 16.5. The van der Waals surface area contributed by atoms with Gasteiger partial charge in [0.25, 0.3) is 0 Å². The molecule has 4 nitrogen and oxygen atoms in total. The van der Waals surface area contributed by atoms with E-state index in [1.54, 1.807) is 0 Å². The molecule has 2 aromatic rings. The topological polar surface area (TPSA) is 74.6 Å². The van der Waals surface area contributed by atoms with Crippen molar-refractivity contribution in [2.24, 2.45) is 0 Å². The van der Waals surface area contributed by atoms with Crippen molar-refractivity contribution in [3.8, 4) is 11.5 Å². The first-order valence-electron chi connectivity index (χ1n) is 5.27. The lowest BCUT2D eigenvalue weighted by Crippen LogP contribution is -2.05. The van der Waals surface area contributed by atoms with E-state index in [9.17, 15) is 18.6 Å². The summed E-state index contributed by atoms with van der Waals surface area (Å²) in [4.78, 5) is -1.31. The van der Waals surface area contributed by atoms with Crippen LogP contribution in [-0.2, 0) is 9.84 Å². The van der Waals surface area contributed by atoms with Crippen molar-refractivity contribution in [1.82, 2.24) is 0 Å². The van der Waals surface area contributed by atoms with Gasteiger partial charge in [0.15, 0.2) is 5.75 Å². The van der Waals surface area contributed by atoms with Crippen LogP contribution in [0.2, 0.25) is 20.1 Å². The molecular weight excluding hydrogens is 382 g/mol. The van der Waals surface area contributed by atoms with Crippen LogP contribution in [0.3, 0.4) is 0 Å². The molecular formula is C12H6Cl4O4S. The minimum Gasteiger partial charge on any atom is -0.507 e. The molecule has 112 valence electrons. The molecule has 0 aliphatic carbocycles. The monoisotopic (exact) mass is 386 g/mol. The van der Waals surface area contributed by atoms with E-state index >= 15 is 0 Å². The fourth-order valence-corrected chi connectivity index (χ4v) is 4.76. The molecule has 9 heteroatoms. The van der Waals surface area contributed by atoms with Crippen LogP contribution < -0.4 is 0 Å². The van der Waals surface area contributed by atoms with Gasteiger partial charge < -0.3 is 10.2 Å². The van der Waals surface area contributed by atoms with E-state index in [0.29, 0.717) is 0 Å². The summed E-state index contributed by atoms with van der Waals surface area (Å²) in [6.07, 6.45) is 0. The Morgan fingerprint density at radius 1 is 0.857 bits per heavy atom. The normalized spacial score (nSPS) is 11.6. The third-order valence-corrected chi connectivity index (χ3v) is 6.10. The molecule has 2 rings (SSSR count). The second-order valence-corrected chi connectivity index (χ2v) is 7.35. The number of hydrogen-bond acceptors (Lipinski definition) is 4.